The van der Waals surface area contributed by atoms with E-state index in [0.29, 0.717) is 17.8 Å². The summed E-state index contributed by atoms with van der Waals surface area (Å²) >= 11 is 0. The van der Waals surface area contributed by atoms with Gasteiger partial charge in [-0.2, -0.15) is 5.10 Å². The van der Waals surface area contributed by atoms with Gasteiger partial charge in [-0.05, 0) is 70.8 Å². The topological polar surface area (TPSA) is 79.1 Å². The van der Waals surface area contributed by atoms with Crippen LogP contribution in [-0.2, 0) is 6.42 Å². The highest BCUT2D eigenvalue weighted by atomic mass is 16.5. The number of ether oxygens (including phenoxy) is 1. The van der Waals surface area contributed by atoms with Crippen molar-refractivity contribution in [2.45, 2.75) is 51.6 Å². The van der Waals surface area contributed by atoms with E-state index in [1.54, 1.807) is 6.20 Å². The highest BCUT2D eigenvalue weighted by Crippen LogP contribution is 2.44. The Morgan fingerprint density at radius 1 is 1.16 bits per heavy atom. The lowest BCUT2D eigenvalue weighted by Gasteiger charge is -2.37. The van der Waals surface area contributed by atoms with E-state index in [1.165, 1.54) is 0 Å². The molecule has 0 aliphatic carbocycles. The van der Waals surface area contributed by atoms with Crippen molar-refractivity contribution in [2.24, 2.45) is 0 Å². The average molecular weight is 431 g/mol. The van der Waals surface area contributed by atoms with Gasteiger partial charge in [-0.15, -0.1) is 0 Å². The molecular weight excluding hydrogens is 400 g/mol. The first-order chi connectivity index (χ1) is 15.6. The van der Waals surface area contributed by atoms with Crippen LogP contribution >= 0.6 is 0 Å². The number of hydrogen-bond acceptors (Lipinski definition) is 5. The van der Waals surface area contributed by atoms with E-state index in [9.17, 15) is 0 Å². The molecule has 2 aromatic heterocycles. The molecule has 166 valence electrons. The largest absolute Gasteiger partial charge is 0.438 e. The fourth-order valence-corrected chi connectivity index (χ4v) is 4.92. The SMILES string of the molecule is CC(=N)N1c2ccc(-c3cnn(C4CCNCC4)c3)c(Oc3ccccn3)c2CC[C@@H]1C. The molecule has 4 heterocycles. The van der Waals surface area contributed by atoms with Crippen LogP contribution in [0.5, 0.6) is 11.6 Å². The number of nitrogens with one attached hydrogen (secondary N) is 2. The normalized spacial score (nSPS) is 18.9. The zero-order chi connectivity index (χ0) is 22.1. The Kier molecular flexibility index (Phi) is 5.66. The molecule has 7 nitrogen and oxygen atoms in total. The summed E-state index contributed by atoms with van der Waals surface area (Å²) in [6.07, 6.45) is 9.89. The lowest BCUT2D eigenvalue weighted by Crippen LogP contribution is -2.40. The number of fused-ring (bicyclic) bond motifs is 1. The zero-order valence-corrected chi connectivity index (χ0v) is 18.7. The molecule has 5 rings (SSSR count). The van der Waals surface area contributed by atoms with Crippen molar-refractivity contribution in [2.75, 3.05) is 18.0 Å². The average Bonchev–Trinajstić information content (AvgIpc) is 3.30. The molecule has 0 radical (unpaired) electrons. The summed E-state index contributed by atoms with van der Waals surface area (Å²) in [4.78, 5) is 6.50. The van der Waals surface area contributed by atoms with Crippen molar-refractivity contribution >= 4 is 11.5 Å². The Morgan fingerprint density at radius 3 is 2.75 bits per heavy atom. The van der Waals surface area contributed by atoms with Gasteiger partial charge >= 0.3 is 0 Å². The molecule has 1 saturated heterocycles. The summed E-state index contributed by atoms with van der Waals surface area (Å²) in [5.74, 6) is 1.95. The Bertz CT molecular complexity index is 1100. The van der Waals surface area contributed by atoms with Crippen LogP contribution in [0.4, 0.5) is 5.69 Å². The van der Waals surface area contributed by atoms with Crippen LogP contribution in [-0.4, -0.2) is 39.7 Å². The van der Waals surface area contributed by atoms with E-state index >= 15 is 0 Å². The summed E-state index contributed by atoms with van der Waals surface area (Å²) in [5, 5.41) is 16.5. The van der Waals surface area contributed by atoms with Crippen LogP contribution in [0.1, 0.15) is 44.7 Å². The third kappa shape index (κ3) is 3.88. The van der Waals surface area contributed by atoms with Crippen LogP contribution < -0.4 is 15.0 Å². The van der Waals surface area contributed by atoms with Crippen molar-refractivity contribution in [1.29, 1.82) is 5.41 Å². The maximum atomic E-state index is 8.33. The van der Waals surface area contributed by atoms with Gasteiger partial charge in [0.1, 0.15) is 5.75 Å². The van der Waals surface area contributed by atoms with Crippen LogP contribution in [0.25, 0.3) is 11.1 Å². The lowest BCUT2D eigenvalue weighted by atomic mass is 9.92. The molecule has 2 aliphatic rings. The van der Waals surface area contributed by atoms with Gasteiger partial charge in [0.2, 0.25) is 5.88 Å². The van der Waals surface area contributed by atoms with E-state index in [2.05, 4.69) is 45.1 Å². The van der Waals surface area contributed by atoms with Gasteiger partial charge < -0.3 is 15.0 Å². The molecule has 7 heteroatoms. The van der Waals surface area contributed by atoms with Gasteiger partial charge in [-0.25, -0.2) is 4.98 Å². The van der Waals surface area contributed by atoms with Gasteiger partial charge in [0.05, 0.1) is 18.1 Å². The van der Waals surface area contributed by atoms with Gasteiger partial charge in [0.15, 0.2) is 0 Å². The molecule has 0 unspecified atom stereocenters. The number of hydrogen-bond donors (Lipinski definition) is 2. The van der Waals surface area contributed by atoms with Crippen molar-refractivity contribution in [1.82, 2.24) is 20.1 Å². The Labute approximate surface area is 188 Å². The van der Waals surface area contributed by atoms with E-state index in [0.717, 1.165) is 66.9 Å². The first-order valence-electron chi connectivity index (χ1n) is 11.5. The number of benzene rings is 1. The third-order valence-corrected chi connectivity index (χ3v) is 6.55. The summed E-state index contributed by atoms with van der Waals surface area (Å²) in [5.41, 5.74) is 4.25. The molecule has 2 aliphatic heterocycles. The fourth-order valence-electron chi connectivity index (χ4n) is 4.92. The Balaban J connectivity index is 1.59. The van der Waals surface area contributed by atoms with Crippen molar-refractivity contribution < 1.29 is 4.74 Å². The van der Waals surface area contributed by atoms with Gasteiger partial charge in [-0.1, -0.05) is 6.07 Å². The first-order valence-corrected chi connectivity index (χ1v) is 11.5. The summed E-state index contributed by atoms with van der Waals surface area (Å²) in [7, 11) is 0. The van der Waals surface area contributed by atoms with E-state index < -0.39 is 0 Å². The molecule has 3 aromatic rings. The predicted molar refractivity (Wildman–Crippen MR) is 127 cm³/mol. The third-order valence-electron chi connectivity index (χ3n) is 6.55. The molecule has 1 atom stereocenters. The summed E-state index contributed by atoms with van der Waals surface area (Å²) < 4.78 is 8.53. The standard InChI is InChI=1S/C25H30N6O/c1-17-6-7-22-23(31(17)18(2)26)9-8-21(25(22)32-24-5-3-4-12-28-24)19-15-29-30(16-19)20-10-13-27-14-11-20/h3-5,8-9,12,15-17,20,26-27H,6-7,10-11,13-14H2,1-2H3/t17-/m0/s1. The van der Waals surface area contributed by atoms with Gasteiger partial charge in [0, 0.05) is 46.9 Å². The minimum atomic E-state index is 0.288. The fraction of sp³-hybridized carbons (Fsp3) is 0.400. The van der Waals surface area contributed by atoms with Crippen LogP contribution in [0, 0.1) is 5.41 Å². The summed E-state index contributed by atoms with van der Waals surface area (Å²) in [6, 6.07) is 10.7. The minimum Gasteiger partial charge on any atom is -0.438 e. The maximum absolute atomic E-state index is 8.33. The monoisotopic (exact) mass is 430 g/mol. The predicted octanol–water partition coefficient (Wildman–Crippen LogP) is 4.80. The lowest BCUT2D eigenvalue weighted by molar-refractivity contribution is 0.343. The molecular formula is C25H30N6O. The molecule has 32 heavy (non-hydrogen) atoms. The van der Waals surface area contributed by atoms with Gasteiger partial charge in [0.25, 0.3) is 0 Å². The zero-order valence-electron chi connectivity index (χ0n) is 18.7. The van der Waals surface area contributed by atoms with E-state index in [4.69, 9.17) is 15.2 Å². The number of pyridine rings is 1. The molecule has 2 N–H and O–H groups in total. The van der Waals surface area contributed by atoms with Crippen LogP contribution in [0.2, 0.25) is 0 Å². The second-order valence-electron chi connectivity index (χ2n) is 8.74. The number of rotatable bonds is 4. The number of nitrogens with zero attached hydrogens (tertiary/aromatic N) is 4. The second-order valence-corrected chi connectivity index (χ2v) is 8.74. The van der Waals surface area contributed by atoms with E-state index in [-0.39, 0.29) is 6.04 Å². The van der Waals surface area contributed by atoms with Crippen molar-refractivity contribution in [3.05, 3.63) is 54.5 Å². The van der Waals surface area contributed by atoms with Crippen LogP contribution in [0.3, 0.4) is 0 Å². The number of piperidine rings is 1. The number of amidine groups is 1. The quantitative estimate of drug-likeness (QED) is 0.459. The highest BCUT2D eigenvalue weighted by Gasteiger charge is 2.29. The molecule has 1 aromatic carbocycles. The van der Waals surface area contributed by atoms with Crippen molar-refractivity contribution in [3.8, 4) is 22.8 Å². The maximum Gasteiger partial charge on any atom is 0.219 e. The molecule has 0 saturated carbocycles. The minimum absolute atomic E-state index is 0.288. The molecule has 0 spiro atoms. The Morgan fingerprint density at radius 2 is 2.00 bits per heavy atom. The van der Waals surface area contributed by atoms with Gasteiger partial charge in [-0.3, -0.25) is 10.1 Å². The summed E-state index contributed by atoms with van der Waals surface area (Å²) in [6.45, 7) is 6.09. The highest BCUT2D eigenvalue weighted by molar-refractivity contribution is 5.96. The Hall–Kier alpha value is -3.19. The van der Waals surface area contributed by atoms with Crippen molar-refractivity contribution in [3.63, 3.8) is 0 Å². The van der Waals surface area contributed by atoms with Crippen LogP contribution in [0.15, 0.2) is 48.9 Å². The van der Waals surface area contributed by atoms with E-state index in [1.807, 2.05) is 31.3 Å². The molecule has 0 bridgehead atoms. The molecule has 1 fully saturated rings. The smallest absolute Gasteiger partial charge is 0.219 e. The number of aromatic nitrogens is 3. The first kappa shape index (κ1) is 20.7. The number of anilines is 1. The second kappa shape index (κ2) is 8.74. The molecule has 0 amide bonds.